The first-order chi connectivity index (χ1) is 42.4. The molecule has 17 aromatic rings. The van der Waals surface area contributed by atoms with E-state index >= 15 is 0 Å². The van der Waals surface area contributed by atoms with Gasteiger partial charge in [0.05, 0.1) is 5.69 Å². The summed E-state index contributed by atoms with van der Waals surface area (Å²) in [6.07, 6.45) is 0. The fourth-order valence-corrected chi connectivity index (χ4v) is 14.4. The lowest BCUT2D eigenvalue weighted by molar-refractivity contribution is 0.660. The Morgan fingerprint density at radius 1 is 0.244 bits per heavy atom. The molecule has 0 fully saturated rings. The summed E-state index contributed by atoms with van der Waals surface area (Å²) in [5.41, 5.74) is 14.0. The Labute approximate surface area is 498 Å². The third-order valence-electron chi connectivity index (χ3n) is 18.4. The average molecular weight is 1100 g/mol. The zero-order chi connectivity index (χ0) is 57.0. The second-order valence-electron chi connectivity index (χ2n) is 23.5. The number of para-hydroxylation sites is 3. The van der Waals surface area contributed by atoms with Crippen molar-refractivity contribution in [1.29, 1.82) is 0 Å². The lowest BCUT2D eigenvalue weighted by Gasteiger charge is -2.28. The van der Waals surface area contributed by atoms with Gasteiger partial charge in [0, 0.05) is 56.1 Å². The molecule has 1 aliphatic rings. The predicted octanol–water partition coefficient (Wildman–Crippen LogP) is 23.7. The minimum atomic E-state index is -0.0577. The van der Waals surface area contributed by atoms with Gasteiger partial charge >= 0.3 is 0 Å². The fourth-order valence-electron chi connectivity index (χ4n) is 14.4. The third kappa shape index (κ3) is 7.82. The Balaban J connectivity index is 0.000000135. The van der Waals surface area contributed by atoms with Gasteiger partial charge in [-0.15, -0.1) is 0 Å². The molecule has 3 nitrogen and oxygen atoms in total. The fraction of sp³-hybridized carbons (Fsp3) is 0.0361. The number of fused-ring (bicyclic) bond motifs is 20. The van der Waals surface area contributed by atoms with E-state index in [0.29, 0.717) is 0 Å². The summed E-state index contributed by atoms with van der Waals surface area (Å²) in [5.74, 6) is 0. The zero-order valence-electron chi connectivity index (χ0n) is 47.7. The number of benzene rings is 16. The van der Waals surface area contributed by atoms with Crippen LogP contribution in [0.4, 0.5) is 34.1 Å². The molecule has 404 valence electrons. The Morgan fingerprint density at radius 3 is 1.41 bits per heavy atom. The standard InChI is InChI=1S/C43H31N.C40H25NO/c1-43(2)40-15-9-8-14-37(40)38-25-21-33(27-41(38)43)44(31-11-4-3-5-12-31)32-20-24-35-30(26-32)17-16-29-19-22-36-34-13-7-6-10-28(34)18-23-39(36)42(29)35;1-2-10-28(11-3-1)41(29-20-24-34-33-13-6-7-16-38(33)42-39(34)25-29)37-15-8-14-35-32(37)22-19-27-18-21-31-30-12-5-4-9-26(30)17-23-36(31)40(27)35/h3-27H,1-2H3;1-25H. The number of anilines is 6. The molecule has 0 amide bonds. The molecule has 3 heteroatoms. The van der Waals surface area contributed by atoms with E-state index < -0.39 is 0 Å². The van der Waals surface area contributed by atoms with Gasteiger partial charge < -0.3 is 14.2 Å². The van der Waals surface area contributed by atoms with Gasteiger partial charge in [-0.05, 0) is 176 Å². The van der Waals surface area contributed by atoms with Gasteiger partial charge in [0.25, 0.3) is 0 Å². The number of nitrogens with zero attached hydrogens (tertiary/aromatic N) is 2. The quantitative estimate of drug-likeness (QED) is 0.155. The molecule has 0 atom stereocenters. The highest BCUT2D eigenvalue weighted by Gasteiger charge is 2.36. The Morgan fingerprint density at radius 2 is 0.698 bits per heavy atom. The van der Waals surface area contributed by atoms with Crippen LogP contribution in [-0.2, 0) is 5.41 Å². The minimum absolute atomic E-state index is 0.0577. The van der Waals surface area contributed by atoms with E-state index in [0.717, 1.165) is 50.4 Å². The summed E-state index contributed by atoms with van der Waals surface area (Å²) >= 11 is 0. The smallest absolute Gasteiger partial charge is 0.137 e. The maximum Gasteiger partial charge on any atom is 0.137 e. The van der Waals surface area contributed by atoms with Crippen LogP contribution in [0, 0.1) is 0 Å². The maximum atomic E-state index is 6.32. The lowest BCUT2D eigenvalue weighted by Crippen LogP contribution is -2.16. The van der Waals surface area contributed by atoms with E-state index in [1.807, 2.05) is 12.1 Å². The predicted molar refractivity (Wildman–Crippen MR) is 367 cm³/mol. The molecule has 0 saturated carbocycles. The monoisotopic (exact) mass is 1100 g/mol. The Kier molecular flexibility index (Phi) is 11.3. The van der Waals surface area contributed by atoms with Crippen molar-refractivity contribution in [3.63, 3.8) is 0 Å². The first kappa shape index (κ1) is 49.6. The van der Waals surface area contributed by atoms with E-state index in [4.69, 9.17) is 4.42 Å². The summed E-state index contributed by atoms with van der Waals surface area (Å²) in [6, 6.07) is 110. The number of furan rings is 1. The molecule has 0 bridgehead atoms. The van der Waals surface area contributed by atoms with Crippen molar-refractivity contribution in [3.8, 4) is 11.1 Å². The topological polar surface area (TPSA) is 19.6 Å². The van der Waals surface area contributed by atoms with Crippen molar-refractivity contribution in [2.45, 2.75) is 19.3 Å². The molecule has 1 heterocycles. The molecular formula is C83H56N2O. The molecular weight excluding hydrogens is 1040 g/mol. The molecule has 16 aromatic carbocycles. The lowest BCUT2D eigenvalue weighted by atomic mass is 9.82. The van der Waals surface area contributed by atoms with Crippen LogP contribution in [0.1, 0.15) is 25.0 Å². The van der Waals surface area contributed by atoms with Crippen LogP contribution in [0.15, 0.2) is 308 Å². The summed E-state index contributed by atoms with van der Waals surface area (Å²) in [6.45, 7) is 4.70. The van der Waals surface area contributed by atoms with E-state index in [-0.39, 0.29) is 5.41 Å². The normalized spacial score (nSPS) is 12.6. The van der Waals surface area contributed by atoms with Gasteiger partial charge in [0.15, 0.2) is 0 Å². The SMILES string of the molecule is CC1(C)c2ccccc2-c2ccc(N(c3ccccc3)c3ccc4c(ccc5ccc6c7ccccc7ccc6c54)c3)cc21.c1ccc(N(c2ccc3c(c2)oc2ccccc23)c2cccc3c2ccc2ccc4c5ccccc5ccc4c23)cc1. The van der Waals surface area contributed by atoms with E-state index in [9.17, 15) is 0 Å². The van der Waals surface area contributed by atoms with Crippen molar-refractivity contribution < 1.29 is 4.42 Å². The summed E-state index contributed by atoms with van der Waals surface area (Å²) in [4.78, 5) is 4.75. The van der Waals surface area contributed by atoms with Crippen LogP contribution in [-0.4, -0.2) is 0 Å². The van der Waals surface area contributed by atoms with Crippen LogP contribution in [0.25, 0.3) is 119 Å². The molecule has 0 N–H and O–H groups in total. The van der Waals surface area contributed by atoms with E-state index in [1.54, 1.807) is 0 Å². The largest absolute Gasteiger partial charge is 0.456 e. The van der Waals surface area contributed by atoms with Crippen molar-refractivity contribution >= 4 is 142 Å². The number of rotatable bonds is 6. The second-order valence-corrected chi connectivity index (χ2v) is 23.5. The highest BCUT2D eigenvalue weighted by Crippen LogP contribution is 2.51. The average Bonchev–Trinajstić information content (AvgIpc) is 1.28. The van der Waals surface area contributed by atoms with Gasteiger partial charge in [0.2, 0.25) is 0 Å². The summed E-state index contributed by atoms with van der Waals surface area (Å²) in [5, 5.41) is 22.7. The minimum Gasteiger partial charge on any atom is -0.456 e. The third-order valence-corrected chi connectivity index (χ3v) is 18.4. The van der Waals surface area contributed by atoms with Crippen molar-refractivity contribution in [2.75, 3.05) is 9.80 Å². The Hall–Kier alpha value is -11.0. The van der Waals surface area contributed by atoms with Gasteiger partial charge in [0.1, 0.15) is 11.2 Å². The van der Waals surface area contributed by atoms with Crippen LogP contribution < -0.4 is 9.80 Å². The summed E-state index contributed by atoms with van der Waals surface area (Å²) < 4.78 is 6.32. The molecule has 18 rings (SSSR count). The van der Waals surface area contributed by atoms with Gasteiger partial charge in [-0.2, -0.15) is 0 Å². The number of hydrogen-bond acceptors (Lipinski definition) is 3. The second kappa shape index (κ2) is 19.6. The molecule has 0 radical (unpaired) electrons. The molecule has 0 saturated heterocycles. The molecule has 0 unspecified atom stereocenters. The van der Waals surface area contributed by atoms with Crippen LogP contribution in [0.3, 0.4) is 0 Å². The zero-order valence-corrected chi connectivity index (χ0v) is 47.7. The van der Waals surface area contributed by atoms with Gasteiger partial charge in [-0.1, -0.05) is 238 Å². The van der Waals surface area contributed by atoms with Crippen molar-refractivity contribution in [2.24, 2.45) is 0 Å². The van der Waals surface area contributed by atoms with Crippen LogP contribution >= 0.6 is 0 Å². The molecule has 0 aliphatic heterocycles. The van der Waals surface area contributed by atoms with E-state index in [2.05, 4.69) is 315 Å². The first-order valence-corrected chi connectivity index (χ1v) is 29.8. The number of hydrogen-bond donors (Lipinski definition) is 0. The van der Waals surface area contributed by atoms with Gasteiger partial charge in [-0.25, -0.2) is 0 Å². The first-order valence-electron chi connectivity index (χ1n) is 29.8. The van der Waals surface area contributed by atoms with Crippen molar-refractivity contribution in [1.82, 2.24) is 0 Å². The summed E-state index contributed by atoms with van der Waals surface area (Å²) in [7, 11) is 0. The van der Waals surface area contributed by atoms with Gasteiger partial charge in [-0.3, -0.25) is 0 Å². The van der Waals surface area contributed by atoms with E-state index in [1.165, 1.54) is 114 Å². The van der Waals surface area contributed by atoms with Crippen LogP contribution in [0.2, 0.25) is 0 Å². The molecule has 1 aliphatic carbocycles. The van der Waals surface area contributed by atoms with Crippen molar-refractivity contribution in [3.05, 3.63) is 314 Å². The molecule has 1 aromatic heterocycles. The highest BCUT2D eigenvalue weighted by molar-refractivity contribution is 6.27. The maximum absolute atomic E-state index is 6.32. The Bertz CT molecular complexity index is 5580. The molecule has 0 spiro atoms. The molecule has 86 heavy (non-hydrogen) atoms. The highest BCUT2D eigenvalue weighted by atomic mass is 16.3. The van der Waals surface area contributed by atoms with Crippen LogP contribution in [0.5, 0.6) is 0 Å².